The number of amides is 1. The smallest absolute Gasteiger partial charge is 0.255 e. The first-order valence-electron chi connectivity index (χ1n) is 6.86. The number of nitrogens with one attached hydrogen (secondary N) is 2. The minimum atomic E-state index is -0.502. The fourth-order valence-electron chi connectivity index (χ4n) is 1.77. The summed E-state index contributed by atoms with van der Waals surface area (Å²) in [6, 6.07) is 1.21. The number of aromatic nitrogens is 1. The maximum atomic E-state index is 13.2. The van der Waals surface area contributed by atoms with Gasteiger partial charge in [0.1, 0.15) is 11.6 Å². The average molecular weight is 267 g/mol. The van der Waals surface area contributed by atoms with Gasteiger partial charge in [0, 0.05) is 13.1 Å². The van der Waals surface area contributed by atoms with E-state index in [4.69, 9.17) is 0 Å². The lowest BCUT2D eigenvalue weighted by atomic mass is 10.2. The molecule has 1 heterocycles. The lowest BCUT2D eigenvalue weighted by molar-refractivity contribution is 0.0953. The van der Waals surface area contributed by atoms with E-state index in [1.807, 2.05) is 6.92 Å². The summed E-state index contributed by atoms with van der Waals surface area (Å²) in [5, 5.41) is 5.75. The van der Waals surface area contributed by atoms with Crippen molar-refractivity contribution in [3.63, 3.8) is 0 Å². The van der Waals surface area contributed by atoms with Gasteiger partial charge < -0.3 is 10.6 Å². The Hall–Kier alpha value is -1.65. The molecule has 4 nitrogen and oxygen atoms in total. The monoisotopic (exact) mass is 267 g/mol. The third kappa shape index (κ3) is 5.24. The van der Waals surface area contributed by atoms with Crippen molar-refractivity contribution in [3.05, 3.63) is 23.6 Å². The Kier molecular flexibility index (Phi) is 6.85. The molecule has 0 aliphatic carbocycles. The van der Waals surface area contributed by atoms with Gasteiger partial charge in [0.2, 0.25) is 0 Å². The number of carbonyl (C=O) groups is 1. The number of hydrogen-bond acceptors (Lipinski definition) is 3. The van der Waals surface area contributed by atoms with E-state index in [9.17, 15) is 9.18 Å². The summed E-state index contributed by atoms with van der Waals surface area (Å²) in [6.45, 7) is 5.29. The number of unbranched alkanes of at least 4 members (excludes halogenated alkanes) is 3. The number of halogens is 1. The van der Waals surface area contributed by atoms with E-state index in [1.54, 1.807) is 0 Å². The van der Waals surface area contributed by atoms with E-state index in [2.05, 4.69) is 22.5 Å². The van der Waals surface area contributed by atoms with Gasteiger partial charge in [-0.3, -0.25) is 4.79 Å². The van der Waals surface area contributed by atoms with Crippen LogP contribution >= 0.6 is 0 Å². The lowest BCUT2D eigenvalue weighted by Crippen LogP contribution is -2.26. The van der Waals surface area contributed by atoms with Crippen molar-refractivity contribution in [1.82, 2.24) is 10.3 Å². The SMILES string of the molecule is CCCCCCNC(=O)c1cc(F)cnc1NCC. The second kappa shape index (κ2) is 8.45. The van der Waals surface area contributed by atoms with Gasteiger partial charge in [-0.1, -0.05) is 26.2 Å². The molecule has 1 aromatic rings. The highest BCUT2D eigenvalue weighted by atomic mass is 19.1. The highest BCUT2D eigenvalue weighted by molar-refractivity contribution is 5.98. The van der Waals surface area contributed by atoms with Crippen LogP contribution in [0.2, 0.25) is 0 Å². The van der Waals surface area contributed by atoms with Crippen LogP contribution in [0.3, 0.4) is 0 Å². The molecule has 0 aromatic carbocycles. The number of pyridine rings is 1. The van der Waals surface area contributed by atoms with Crippen LogP contribution < -0.4 is 10.6 Å². The summed E-state index contributed by atoms with van der Waals surface area (Å²) in [6.07, 6.45) is 5.47. The molecule has 0 aliphatic rings. The number of rotatable bonds is 8. The van der Waals surface area contributed by atoms with Gasteiger partial charge >= 0.3 is 0 Å². The minimum absolute atomic E-state index is 0.261. The van der Waals surface area contributed by atoms with E-state index in [1.165, 1.54) is 12.5 Å². The predicted molar refractivity (Wildman–Crippen MR) is 74.8 cm³/mol. The third-order valence-electron chi connectivity index (χ3n) is 2.76. The number of carbonyl (C=O) groups excluding carboxylic acids is 1. The maximum Gasteiger partial charge on any atom is 0.255 e. The van der Waals surface area contributed by atoms with Crippen molar-refractivity contribution in [2.24, 2.45) is 0 Å². The van der Waals surface area contributed by atoms with Crippen LogP contribution in [-0.4, -0.2) is 24.0 Å². The molecule has 0 radical (unpaired) electrons. The Morgan fingerprint density at radius 2 is 2.11 bits per heavy atom. The minimum Gasteiger partial charge on any atom is -0.370 e. The van der Waals surface area contributed by atoms with Crippen LogP contribution in [0.4, 0.5) is 10.2 Å². The van der Waals surface area contributed by atoms with Gasteiger partial charge in [-0.2, -0.15) is 0 Å². The van der Waals surface area contributed by atoms with Crippen LogP contribution in [0.1, 0.15) is 49.9 Å². The van der Waals surface area contributed by atoms with Crippen molar-refractivity contribution in [2.45, 2.75) is 39.5 Å². The van der Waals surface area contributed by atoms with E-state index in [0.29, 0.717) is 18.9 Å². The Labute approximate surface area is 113 Å². The quantitative estimate of drug-likeness (QED) is 0.712. The van der Waals surface area contributed by atoms with Crippen LogP contribution in [0, 0.1) is 5.82 Å². The number of hydrogen-bond donors (Lipinski definition) is 2. The molecule has 1 amide bonds. The van der Waals surface area contributed by atoms with Crippen molar-refractivity contribution in [2.75, 3.05) is 18.4 Å². The summed E-state index contributed by atoms with van der Waals surface area (Å²) >= 11 is 0. The number of anilines is 1. The van der Waals surface area contributed by atoms with E-state index in [-0.39, 0.29) is 11.5 Å². The standard InChI is InChI=1S/C14H22FN3O/c1-3-5-6-7-8-17-14(19)12-9-11(15)10-18-13(12)16-4-2/h9-10H,3-8H2,1-2H3,(H,16,18)(H,17,19). The summed E-state index contributed by atoms with van der Waals surface area (Å²) in [5.74, 6) is -0.354. The third-order valence-corrected chi connectivity index (χ3v) is 2.76. The Balaban J connectivity index is 2.57. The number of nitrogens with zero attached hydrogens (tertiary/aromatic N) is 1. The average Bonchev–Trinajstić information content (AvgIpc) is 2.40. The molecule has 2 N–H and O–H groups in total. The first kappa shape index (κ1) is 15.4. The van der Waals surface area contributed by atoms with Crippen molar-refractivity contribution < 1.29 is 9.18 Å². The van der Waals surface area contributed by atoms with Crippen molar-refractivity contribution in [1.29, 1.82) is 0 Å². The van der Waals surface area contributed by atoms with Crippen LogP contribution in [0.25, 0.3) is 0 Å². The molecule has 1 aromatic heterocycles. The Morgan fingerprint density at radius 1 is 1.32 bits per heavy atom. The largest absolute Gasteiger partial charge is 0.370 e. The zero-order valence-corrected chi connectivity index (χ0v) is 11.6. The van der Waals surface area contributed by atoms with Crippen molar-refractivity contribution in [3.8, 4) is 0 Å². The van der Waals surface area contributed by atoms with Gasteiger partial charge in [0.05, 0.1) is 11.8 Å². The molecule has 0 atom stereocenters. The molecule has 0 bridgehead atoms. The van der Waals surface area contributed by atoms with Gasteiger partial charge in [-0.15, -0.1) is 0 Å². The molecule has 5 heteroatoms. The second-order valence-corrected chi connectivity index (χ2v) is 4.40. The van der Waals surface area contributed by atoms with Gasteiger partial charge in [0.25, 0.3) is 5.91 Å². The van der Waals surface area contributed by atoms with Gasteiger partial charge in [-0.05, 0) is 19.4 Å². The summed E-state index contributed by atoms with van der Waals surface area (Å²) < 4.78 is 13.2. The molecule has 1 rings (SSSR count). The zero-order chi connectivity index (χ0) is 14.1. The predicted octanol–water partition coefficient (Wildman–Crippen LogP) is 2.96. The highest BCUT2D eigenvalue weighted by Crippen LogP contribution is 2.13. The Bertz CT molecular complexity index is 410. The molecular formula is C14H22FN3O. The molecule has 0 unspecified atom stereocenters. The van der Waals surface area contributed by atoms with E-state index in [0.717, 1.165) is 25.5 Å². The fourth-order valence-corrected chi connectivity index (χ4v) is 1.77. The summed E-state index contributed by atoms with van der Waals surface area (Å²) in [5.41, 5.74) is 0.261. The van der Waals surface area contributed by atoms with E-state index < -0.39 is 5.82 Å². The van der Waals surface area contributed by atoms with Crippen LogP contribution in [0.15, 0.2) is 12.3 Å². The highest BCUT2D eigenvalue weighted by Gasteiger charge is 2.13. The van der Waals surface area contributed by atoms with Crippen LogP contribution in [0.5, 0.6) is 0 Å². The van der Waals surface area contributed by atoms with E-state index >= 15 is 0 Å². The molecule has 0 aliphatic heterocycles. The second-order valence-electron chi connectivity index (χ2n) is 4.40. The molecule has 19 heavy (non-hydrogen) atoms. The van der Waals surface area contributed by atoms with Gasteiger partial charge in [-0.25, -0.2) is 9.37 Å². The molecular weight excluding hydrogens is 245 g/mol. The van der Waals surface area contributed by atoms with Crippen molar-refractivity contribution >= 4 is 11.7 Å². The topological polar surface area (TPSA) is 54.0 Å². The molecule has 0 spiro atoms. The Morgan fingerprint density at radius 3 is 2.79 bits per heavy atom. The normalized spacial score (nSPS) is 10.3. The first-order valence-corrected chi connectivity index (χ1v) is 6.86. The lowest BCUT2D eigenvalue weighted by Gasteiger charge is -2.10. The maximum absolute atomic E-state index is 13.2. The molecule has 0 fully saturated rings. The fraction of sp³-hybridized carbons (Fsp3) is 0.571. The van der Waals surface area contributed by atoms with Crippen LogP contribution in [-0.2, 0) is 0 Å². The first-order chi connectivity index (χ1) is 9.19. The molecule has 0 saturated carbocycles. The molecule has 0 saturated heterocycles. The molecule has 106 valence electrons. The summed E-state index contributed by atoms with van der Waals surface area (Å²) in [4.78, 5) is 15.9. The summed E-state index contributed by atoms with van der Waals surface area (Å²) in [7, 11) is 0. The zero-order valence-electron chi connectivity index (χ0n) is 11.6. The van der Waals surface area contributed by atoms with Gasteiger partial charge in [0.15, 0.2) is 0 Å².